The first kappa shape index (κ1) is 15.8. The lowest BCUT2D eigenvalue weighted by atomic mass is 9.90. The van der Waals surface area contributed by atoms with Gasteiger partial charge >= 0.3 is 0 Å². The molecule has 0 atom stereocenters. The first-order chi connectivity index (χ1) is 14.8. The van der Waals surface area contributed by atoms with E-state index in [0.29, 0.717) is 6.42 Å². The van der Waals surface area contributed by atoms with Crippen molar-refractivity contribution >= 4 is 38.5 Å². The third-order valence-electron chi connectivity index (χ3n) is 6.31. The molecule has 6 aromatic rings. The maximum atomic E-state index is 13.6. The Kier molecular flexibility index (Phi) is 2.91. The van der Waals surface area contributed by atoms with Gasteiger partial charge in [-0.3, -0.25) is 4.79 Å². The molecule has 0 radical (unpaired) electrons. The van der Waals surface area contributed by atoms with E-state index in [1.807, 2.05) is 42.5 Å². The average molecular weight is 387 g/mol. The molecule has 0 amide bonds. The van der Waals surface area contributed by atoms with Gasteiger partial charge in [0, 0.05) is 49.5 Å². The van der Waals surface area contributed by atoms with Gasteiger partial charge in [0.25, 0.3) is 0 Å². The third-order valence-corrected chi connectivity index (χ3v) is 6.31. The molecule has 1 aliphatic rings. The third kappa shape index (κ3) is 1.93. The lowest BCUT2D eigenvalue weighted by Gasteiger charge is -2.12. The second-order valence-corrected chi connectivity index (χ2v) is 7.97. The van der Waals surface area contributed by atoms with Gasteiger partial charge in [-0.05, 0) is 18.2 Å². The minimum Gasteiger partial charge on any atom is -0.357 e. The van der Waals surface area contributed by atoms with Crippen molar-refractivity contribution in [3.63, 3.8) is 0 Å². The number of rotatable bonds is 0. The molecule has 1 aliphatic carbocycles. The Morgan fingerprint density at radius 3 is 1.63 bits per heavy atom. The van der Waals surface area contributed by atoms with Gasteiger partial charge in [-0.2, -0.15) is 0 Å². The predicted molar refractivity (Wildman–Crippen MR) is 121 cm³/mol. The Hall–Kier alpha value is -4.05. The van der Waals surface area contributed by atoms with Gasteiger partial charge in [0.05, 0.1) is 23.4 Å². The standard InChI is InChI=1S/C26H17N3O/c30-21-13-20-22(14-7-1-4-10-17(14)27-20)25-24(16-9-3-6-12-19(16)28-25)26-23(21)15-8-2-5-11-18(15)29-26/h1-12,27-29H,13H2. The Morgan fingerprint density at radius 1 is 0.533 bits per heavy atom. The zero-order chi connectivity index (χ0) is 19.8. The van der Waals surface area contributed by atoms with Crippen LogP contribution in [0.1, 0.15) is 16.1 Å². The molecule has 4 heteroatoms. The highest BCUT2D eigenvalue weighted by Gasteiger charge is 2.30. The smallest absolute Gasteiger partial charge is 0.171 e. The monoisotopic (exact) mass is 387 g/mol. The van der Waals surface area contributed by atoms with Gasteiger partial charge in [-0.25, -0.2) is 0 Å². The maximum absolute atomic E-state index is 13.6. The molecule has 3 heterocycles. The van der Waals surface area contributed by atoms with E-state index < -0.39 is 0 Å². The molecular formula is C26H17N3O. The van der Waals surface area contributed by atoms with Gasteiger partial charge in [0.15, 0.2) is 5.78 Å². The molecule has 0 bridgehead atoms. The molecule has 0 aliphatic heterocycles. The number of H-pyrrole nitrogens is 3. The lowest BCUT2D eigenvalue weighted by molar-refractivity contribution is 0.0994. The fourth-order valence-electron chi connectivity index (χ4n) is 5.07. The highest BCUT2D eigenvalue weighted by molar-refractivity contribution is 6.20. The molecule has 3 N–H and O–H groups in total. The van der Waals surface area contributed by atoms with Crippen molar-refractivity contribution < 1.29 is 4.79 Å². The minimum atomic E-state index is 0.131. The number of hydrogen-bond donors (Lipinski definition) is 3. The largest absolute Gasteiger partial charge is 0.357 e. The number of Topliss-reactive ketones (excluding diaryl/α,β-unsaturated/α-hetero) is 1. The number of carbonyl (C=O) groups is 1. The lowest BCUT2D eigenvalue weighted by Crippen LogP contribution is -2.08. The van der Waals surface area contributed by atoms with E-state index in [1.54, 1.807) is 0 Å². The summed E-state index contributed by atoms with van der Waals surface area (Å²) in [4.78, 5) is 24.3. The second kappa shape index (κ2) is 5.51. The van der Waals surface area contributed by atoms with Crippen molar-refractivity contribution in [2.24, 2.45) is 0 Å². The van der Waals surface area contributed by atoms with Crippen molar-refractivity contribution in [3.8, 4) is 22.5 Å². The summed E-state index contributed by atoms with van der Waals surface area (Å²) in [6, 6.07) is 24.6. The summed E-state index contributed by atoms with van der Waals surface area (Å²) in [6.45, 7) is 0. The summed E-state index contributed by atoms with van der Waals surface area (Å²) in [5.74, 6) is 0.131. The van der Waals surface area contributed by atoms with E-state index in [9.17, 15) is 4.79 Å². The number of fused-ring (bicyclic) bond motifs is 11. The highest BCUT2D eigenvalue weighted by Crippen LogP contribution is 2.46. The summed E-state index contributed by atoms with van der Waals surface area (Å²) in [7, 11) is 0. The van der Waals surface area contributed by atoms with Crippen molar-refractivity contribution in [1.29, 1.82) is 0 Å². The highest BCUT2D eigenvalue weighted by atomic mass is 16.1. The Morgan fingerprint density at radius 2 is 1.00 bits per heavy atom. The van der Waals surface area contributed by atoms with E-state index in [2.05, 4.69) is 45.3 Å². The number of carbonyl (C=O) groups excluding carboxylic acids is 1. The van der Waals surface area contributed by atoms with Crippen molar-refractivity contribution in [2.75, 3.05) is 0 Å². The van der Waals surface area contributed by atoms with E-state index in [0.717, 1.165) is 66.5 Å². The van der Waals surface area contributed by atoms with Gasteiger partial charge in [0.1, 0.15) is 0 Å². The quantitative estimate of drug-likeness (QED) is 0.285. The summed E-state index contributed by atoms with van der Waals surface area (Å²) >= 11 is 0. The molecule has 4 nitrogen and oxygen atoms in total. The molecule has 0 unspecified atom stereocenters. The average Bonchev–Trinajstić information content (AvgIpc) is 3.42. The molecule has 0 fully saturated rings. The number of aromatic amines is 3. The van der Waals surface area contributed by atoms with Crippen LogP contribution in [-0.4, -0.2) is 20.7 Å². The van der Waals surface area contributed by atoms with Gasteiger partial charge < -0.3 is 15.0 Å². The molecule has 3 aromatic carbocycles. The van der Waals surface area contributed by atoms with Crippen LogP contribution in [0.15, 0.2) is 72.8 Å². The summed E-state index contributed by atoms with van der Waals surface area (Å²) in [5, 5.41) is 3.23. The number of aromatic nitrogens is 3. The van der Waals surface area contributed by atoms with Crippen LogP contribution >= 0.6 is 0 Å². The summed E-state index contributed by atoms with van der Waals surface area (Å²) in [6.07, 6.45) is 0.341. The van der Waals surface area contributed by atoms with Crippen LogP contribution < -0.4 is 0 Å². The zero-order valence-electron chi connectivity index (χ0n) is 16.0. The van der Waals surface area contributed by atoms with E-state index in [1.165, 1.54) is 0 Å². The molecule has 0 saturated heterocycles. The predicted octanol–water partition coefficient (Wildman–Crippen LogP) is 6.20. The summed E-state index contributed by atoms with van der Waals surface area (Å²) < 4.78 is 0. The molecule has 142 valence electrons. The van der Waals surface area contributed by atoms with Crippen molar-refractivity contribution in [2.45, 2.75) is 6.42 Å². The molecule has 7 rings (SSSR count). The van der Waals surface area contributed by atoms with Crippen LogP contribution in [0.3, 0.4) is 0 Å². The second-order valence-electron chi connectivity index (χ2n) is 7.97. The topological polar surface area (TPSA) is 64.4 Å². The molecule has 3 aromatic heterocycles. The SMILES string of the molecule is O=C1Cc2[nH]c3ccccc3c2-c2[nH]c3ccccc3c2-c2[nH]c3ccccc3c21. The van der Waals surface area contributed by atoms with E-state index in [4.69, 9.17) is 0 Å². The van der Waals surface area contributed by atoms with E-state index in [-0.39, 0.29) is 5.78 Å². The Balaban J connectivity index is 1.72. The van der Waals surface area contributed by atoms with Crippen LogP contribution in [0.5, 0.6) is 0 Å². The molecule has 0 spiro atoms. The molecule has 0 saturated carbocycles. The van der Waals surface area contributed by atoms with E-state index >= 15 is 0 Å². The molecule has 30 heavy (non-hydrogen) atoms. The Bertz CT molecular complexity index is 1640. The minimum absolute atomic E-state index is 0.131. The van der Waals surface area contributed by atoms with Crippen LogP contribution in [0.2, 0.25) is 0 Å². The van der Waals surface area contributed by atoms with Crippen LogP contribution in [-0.2, 0) is 6.42 Å². The zero-order valence-corrected chi connectivity index (χ0v) is 16.0. The number of benzene rings is 3. The van der Waals surface area contributed by atoms with Crippen LogP contribution in [0.25, 0.3) is 55.2 Å². The number of ketones is 1. The first-order valence-electron chi connectivity index (χ1n) is 10.1. The normalized spacial score (nSPS) is 13.3. The first-order valence-corrected chi connectivity index (χ1v) is 10.1. The van der Waals surface area contributed by atoms with Crippen molar-refractivity contribution in [3.05, 3.63) is 84.1 Å². The fourth-order valence-corrected chi connectivity index (χ4v) is 5.07. The Labute approximate surface area is 171 Å². The van der Waals surface area contributed by atoms with Crippen LogP contribution in [0, 0.1) is 0 Å². The number of hydrogen-bond acceptors (Lipinski definition) is 1. The number of nitrogens with one attached hydrogen (secondary N) is 3. The van der Waals surface area contributed by atoms with Gasteiger partial charge in [-0.1, -0.05) is 54.6 Å². The number of para-hydroxylation sites is 3. The maximum Gasteiger partial charge on any atom is 0.171 e. The summed E-state index contributed by atoms with van der Waals surface area (Å²) in [5.41, 5.74) is 8.97. The fraction of sp³-hybridized carbons (Fsp3) is 0.0385. The molecular weight excluding hydrogens is 370 g/mol. The van der Waals surface area contributed by atoms with Gasteiger partial charge in [-0.15, -0.1) is 0 Å². The van der Waals surface area contributed by atoms with Crippen molar-refractivity contribution in [1.82, 2.24) is 15.0 Å². The van der Waals surface area contributed by atoms with Crippen LogP contribution in [0.4, 0.5) is 0 Å². The van der Waals surface area contributed by atoms with Gasteiger partial charge in [0.2, 0.25) is 0 Å².